The van der Waals surface area contributed by atoms with E-state index in [0.717, 1.165) is 5.56 Å². The quantitative estimate of drug-likeness (QED) is 0.733. The second kappa shape index (κ2) is 8.93. The highest BCUT2D eigenvalue weighted by atomic mass is 16.7. The van der Waals surface area contributed by atoms with E-state index in [1.54, 1.807) is 30.3 Å². The highest BCUT2D eigenvalue weighted by Gasteiger charge is 2.52. The molecule has 4 rings (SSSR count). The van der Waals surface area contributed by atoms with Gasteiger partial charge in [0.25, 0.3) is 0 Å². The third kappa shape index (κ3) is 4.36. The van der Waals surface area contributed by atoms with Crippen LogP contribution in [0, 0.1) is 0 Å². The van der Waals surface area contributed by atoms with Gasteiger partial charge in [0.15, 0.2) is 18.7 Å². The van der Waals surface area contributed by atoms with Gasteiger partial charge in [-0.25, -0.2) is 4.79 Å². The van der Waals surface area contributed by atoms with Crippen LogP contribution in [0.4, 0.5) is 0 Å². The molecular weight excluding hydrogens is 390 g/mol. The lowest BCUT2D eigenvalue weighted by molar-refractivity contribution is -0.337. The third-order valence-electron chi connectivity index (χ3n) is 5.05. The summed E-state index contributed by atoms with van der Waals surface area (Å²) in [4.78, 5) is 24.5. The maximum absolute atomic E-state index is 12.7. The molecule has 2 heterocycles. The molecule has 2 unspecified atom stereocenters. The van der Waals surface area contributed by atoms with E-state index in [1.165, 1.54) is 6.92 Å². The molecule has 158 valence electrons. The van der Waals surface area contributed by atoms with Crippen LogP contribution in [0.5, 0.6) is 0 Å². The Labute approximate surface area is 173 Å². The molecule has 30 heavy (non-hydrogen) atoms. The number of amides is 1. The highest BCUT2D eigenvalue weighted by Crippen LogP contribution is 2.35. The van der Waals surface area contributed by atoms with Crippen molar-refractivity contribution in [3.05, 3.63) is 71.8 Å². The largest absolute Gasteiger partial charge is 0.453 e. The van der Waals surface area contributed by atoms with Gasteiger partial charge in [-0.1, -0.05) is 48.5 Å². The Bertz CT molecular complexity index is 876. The standard InChI is InChI=1S/C22H23NO7/c1-13(24)23-17-19(29-20(25)14-8-4-2-5-9-14)18-16(28-21(17)26)12-27-22(30-18)15-10-6-3-7-11-15/h2-11,16-19,21-22,26H,12H2,1H3,(H,23,24)/t16?,17-,18+,19+,21+,22?/m0/s1. The van der Waals surface area contributed by atoms with Crippen molar-refractivity contribution in [1.29, 1.82) is 0 Å². The summed E-state index contributed by atoms with van der Waals surface area (Å²) in [6.07, 6.45) is -4.48. The van der Waals surface area contributed by atoms with E-state index in [1.807, 2.05) is 30.3 Å². The van der Waals surface area contributed by atoms with E-state index < -0.39 is 48.8 Å². The Hall–Kier alpha value is -2.78. The zero-order chi connectivity index (χ0) is 21.1. The molecule has 2 fully saturated rings. The third-order valence-corrected chi connectivity index (χ3v) is 5.05. The van der Waals surface area contributed by atoms with Crippen LogP contribution in [-0.4, -0.2) is 54.2 Å². The van der Waals surface area contributed by atoms with Crippen LogP contribution < -0.4 is 5.32 Å². The lowest BCUT2D eigenvalue weighted by Gasteiger charge is -2.47. The zero-order valence-electron chi connectivity index (χ0n) is 16.3. The Morgan fingerprint density at radius 3 is 2.37 bits per heavy atom. The minimum Gasteiger partial charge on any atom is -0.453 e. The van der Waals surface area contributed by atoms with E-state index >= 15 is 0 Å². The summed E-state index contributed by atoms with van der Waals surface area (Å²) in [5, 5.41) is 13.1. The molecule has 0 spiro atoms. The lowest BCUT2D eigenvalue weighted by Crippen LogP contribution is -2.67. The van der Waals surface area contributed by atoms with Gasteiger partial charge in [-0.15, -0.1) is 0 Å². The van der Waals surface area contributed by atoms with Gasteiger partial charge in [0, 0.05) is 12.5 Å². The predicted molar refractivity (Wildman–Crippen MR) is 104 cm³/mol. The highest BCUT2D eigenvalue weighted by molar-refractivity contribution is 5.89. The fraction of sp³-hybridized carbons (Fsp3) is 0.364. The smallest absolute Gasteiger partial charge is 0.338 e. The monoisotopic (exact) mass is 413 g/mol. The topological polar surface area (TPSA) is 103 Å². The summed E-state index contributed by atoms with van der Waals surface area (Å²) in [5.74, 6) is -0.983. The Balaban J connectivity index is 1.61. The van der Waals surface area contributed by atoms with Crippen LogP contribution in [0.2, 0.25) is 0 Å². The second-order valence-corrected chi connectivity index (χ2v) is 7.20. The maximum atomic E-state index is 12.7. The maximum Gasteiger partial charge on any atom is 0.338 e. The second-order valence-electron chi connectivity index (χ2n) is 7.20. The van der Waals surface area contributed by atoms with E-state index in [4.69, 9.17) is 18.9 Å². The number of esters is 1. The molecule has 6 atom stereocenters. The van der Waals surface area contributed by atoms with Crippen molar-refractivity contribution in [1.82, 2.24) is 5.32 Å². The van der Waals surface area contributed by atoms with Crippen LogP contribution in [0.3, 0.4) is 0 Å². The van der Waals surface area contributed by atoms with Crippen molar-refractivity contribution in [3.8, 4) is 0 Å². The fourth-order valence-corrected chi connectivity index (χ4v) is 3.66. The minimum absolute atomic E-state index is 0.132. The van der Waals surface area contributed by atoms with Crippen molar-refractivity contribution in [3.63, 3.8) is 0 Å². The van der Waals surface area contributed by atoms with Crippen molar-refractivity contribution in [2.45, 2.75) is 43.9 Å². The Morgan fingerprint density at radius 1 is 1.03 bits per heavy atom. The molecular formula is C22H23NO7. The average Bonchev–Trinajstić information content (AvgIpc) is 2.77. The number of benzene rings is 2. The molecule has 2 saturated heterocycles. The van der Waals surface area contributed by atoms with E-state index in [2.05, 4.69) is 5.32 Å². The number of ether oxygens (including phenoxy) is 4. The molecule has 2 aliphatic heterocycles. The summed E-state index contributed by atoms with van der Waals surface area (Å²) in [5.41, 5.74) is 1.15. The van der Waals surface area contributed by atoms with Gasteiger partial charge in [0.05, 0.1) is 12.2 Å². The number of fused-ring (bicyclic) bond motifs is 1. The molecule has 0 radical (unpaired) electrons. The fourth-order valence-electron chi connectivity index (χ4n) is 3.66. The number of aliphatic hydroxyl groups excluding tert-OH is 1. The van der Waals surface area contributed by atoms with Gasteiger partial charge >= 0.3 is 5.97 Å². The van der Waals surface area contributed by atoms with Crippen molar-refractivity contribution >= 4 is 11.9 Å². The normalized spacial score (nSPS) is 30.7. The lowest BCUT2D eigenvalue weighted by atomic mass is 9.95. The van der Waals surface area contributed by atoms with Crippen LogP contribution in [0.15, 0.2) is 60.7 Å². The van der Waals surface area contributed by atoms with Crippen LogP contribution >= 0.6 is 0 Å². The van der Waals surface area contributed by atoms with E-state index in [9.17, 15) is 14.7 Å². The number of hydrogen-bond donors (Lipinski definition) is 2. The van der Waals surface area contributed by atoms with Crippen LogP contribution in [-0.2, 0) is 23.7 Å². The molecule has 0 bridgehead atoms. The summed E-state index contributed by atoms with van der Waals surface area (Å²) >= 11 is 0. The molecule has 0 saturated carbocycles. The molecule has 2 N–H and O–H groups in total. The van der Waals surface area contributed by atoms with Crippen LogP contribution in [0.1, 0.15) is 29.1 Å². The summed E-state index contributed by atoms with van der Waals surface area (Å²) in [6.45, 7) is 1.44. The van der Waals surface area contributed by atoms with Crippen molar-refractivity contribution in [2.24, 2.45) is 0 Å². The summed E-state index contributed by atoms with van der Waals surface area (Å²) < 4.78 is 23.2. The van der Waals surface area contributed by atoms with Gasteiger partial charge in [0.1, 0.15) is 18.2 Å². The number of carbonyl (C=O) groups excluding carboxylic acids is 2. The SMILES string of the molecule is CC(=O)N[C@H]1[C@@H](OC(=O)c2ccccc2)[C@@H]2OC(c3ccccc3)OCC2O[C@H]1O. The average molecular weight is 413 g/mol. The number of hydrogen-bond acceptors (Lipinski definition) is 7. The molecule has 1 amide bonds. The molecule has 0 aliphatic carbocycles. The molecule has 8 heteroatoms. The zero-order valence-corrected chi connectivity index (χ0v) is 16.3. The first-order valence-electron chi connectivity index (χ1n) is 9.71. The minimum atomic E-state index is -1.39. The van der Waals surface area contributed by atoms with Gasteiger partial charge < -0.3 is 29.4 Å². The predicted octanol–water partition coefficient (Wildman–Crippen LogP) is 1.55. The number of rotatable bonds is 4. The van der Waals surface area contributed by atoms with Gasteiger partial charge in [-0.05, 0) is 12.1 Å². The van der Waals surface area contributed by atoms with Gasteiger partial charge in [-0.2, -0.15) is 0 Å². The molecule has 2 aromatic rings. The first-order valence-corrected chi connectivity index (χ1v) is 9.71. The number of nitrogens with one attached hydrogen (secondary N) is 1. The summed E-state index contributed by atoms with van der Waals surface area (Å²) in [7, 11) is 0. The number of aliphatic hydroxyl groups is 1. The van der Waals surface area contributed by atoms with Crippen LogP contribution in [0.25, 0.3) is 0 Å². The molecule has 2 aromatic carbocycles. The number of carbonyl (C=O) groups is 2. The molecule has 2 aliphatic rings. The van der Waals surface area contributed by atoms with E-state index in [0.29, 0.717) is 5.56 Å². The van der Waals surface area contributed by atoms with Gasteiger partial charge in [-0.3, -0.25) is 4.79 Å². The molecule has 8 nitrogen and oxygen atoms in total. The van der Waals surface area contributed by atoms with Crippen molar-refractivity contribution in [2.75, 3.05) is 6.61 Å². The summed E-state index contributed by atoms with van der Waals surface area (Å²) in [6, 6.07) is 16.8. The first-order chi connectivity index (χ1) is 14.5. The van der Waals surface area contributed by atoms with Crippen molar-refractivity contribution < 1.29 is 33.6 Å². The van der Waals surface area contributed by atoms with E-state index in [-0.39, 0.29) is 6.61 Å². The Morgan fingerprint density at radius 2 is 1.70 bits per heavy atom. The first kappa shape index (κ1) is 20.5. The Kier molecular flexibility index (Phi) is 6.10. The van der Waals surface area contributed by atoms with Gasteiger partial charge in [0.2, 0.25) is 5.91 Å². The molecule has 0 aromatic heterocycles.